The molecular formula is C23H26N4O3S. The van der Waals surface area contributed by atoms with E-state index in [1.54, 1.807) is 12.5 Å². The molecule has 0 aromatic carbocycles. The molecule has 8 heteroatoms. The molecule has 1 saturated heterocycles. The van der Waals surface area contributed by atoms with E-state index < -0.39 is 0 Å². The fraction of sp³-hybridized carbons (Fsp3) is 0.348. The van der Waals surface area contributed by atoms with Crippen LogP contribution in [0.5, 0.6) is 0 Å². The third-order valence-electron chi connectivity index (χ3n) is 5.81. The second-order valence-corrected chi connectivity index (χ2v) is 8.02. The third kappa shape index (κ3) is 4.20. The van der Waals surface area contributed by atoms with Crippen molar-refractivity contribution in [3.63, 3.8) is 0 Å². The van der Waals surface area contributed by atoms with Crippen molar-refractivity contribution < 1.29 is 13.9 Å². The molecule has 3 aromatic rings. The van der Waals surface area contributed by atoms with Gasteiger partial charge in [0.15, 0.2) is 5.11 Å². The molecule has 0 spiro atoms. The van der Waals surface area contributed by atoms with Crippen LogP contribution in [0.1, 0.15) is 46.9 Å². The van der Waals surface area contributed by atoms with E-state index in [0.717, 1.165) is 28.4 Å². The SMILES string of the molecule is COC(=O)CCN1C(=S)N[C@@H](c2ccccn2)[C@H]1c1cc(C)n(Cc2ccco2)c1C. The predicted molar refractivity (Wildman–Crippen MR) is 121 cm³/mol. The van der Waals surface area contributed by atoms with Gasteiger partial charge in [-0.2, -0.15) is 0 Å². The van der Waals surface area contributed by atoms with E-state index >= 15 is 0 Å². The van der Waals surface area contributed by atoms with E-state index in [1.807, 2.05) is 30.3 Å². The third-order valence-corrected chi connectivity index (χ3v) is 6.16. The lowest BCUT2D eigenvalue weighted by Crippen LogP contribution is -2.32. The first-order chi connectivity index (χ1) is 15.0. The first-order valence-electron chi connectivity index (χ1n) is 10.2. The van der Waals surface area contributed by atoms with Gasteiger partial charge in [0.05, 0.1) is 44.1 Å². The molecule has 3 aromatic heterocycles. The van der Waals surface area contributed by atoms with Gasteiger partial charge in [0.1, 0.15) is 5.76 Å². The molecule has 0 radical (unpaired) electrons. The highest BCUT2D eigenvalue weighted by Gasteiger charge is 2.41. The van der Waals surface area contributed by atoms with Crippen LogP contribution in [0.15, 0.2) is 53.3 Å². The van der Waals surface area contributed by atoms with Crippen LogP contribution in [-0.2, 0) is 16.1 Å². The van der Waals surface area contributed by atoms with E-state index in [4.69, 9.17) is 21.4 Å². The zero-order valence-electron chi connectivity index (χ0n) is 17.9. The maximum absolute atomic E-state index is 11.8. The van der Waals surface area contributed by atoms with Crippen molar-refractivity contribution >= 4 is 23.3 Å². The Kier molecular flexibility index (Phi) is 6.08. The van der Waals surface area contributed by atoms with Gasteiger partial charge in [0.2, 0.25) is 0 Å². The van der Waals surface area contributed by atoms with Crippen molar-refractivity contribution in [3.8, 4) is 0 Å². The second-order valence-electron chi connectivity index (χ2n) is 7.64. The summed E-state index contributed by atoms with van der Waals surface area (Å²) in [7, 11) is 1.40. The number of methoxy groups -OCH3 is 1. The quantitative estimate of drug-likeness (QED) is 0.446. The Labute approximate surface area is 187 Å². The van der Waals surface area contributed by atoms with Crippen molar-refractivity contribution in [2.24, 2.45) is 0 Å². The number of rotatable bonds is 7. The van der Waals surface area contributed by atoms with Crippen molar-refractivity contribution in [3.05, 3.63) is 77.3 Å². The molecule has 1 N–H and O–H groups in total. The van der Waals surface area contributed by atoms with Crippen LogP contribution in [0, 0.1) is 13.8 Å². The van der Waals surface area contributed by atoms with Crippen LogP contribution in [0.3, 0.4) is 0 Å². The van der Waals surface area contributed by atoms with E-state index in [0.29, 0.717) is 18.2 Å². The van der Waals surface area contributed by atoms with Crippen LogP contribution < -0.4 is 5.32 Å². The smallest absolute Gasteiger partial charge is 0.307 e. The minimum absolute atomic E-state index is 0.0939. The molecule has 2 atom stereocenters. The number of aromatic nitrogens is 2. The summed E-state index contributed by atoms with van der Waals surface area (Å²) >= 11 is 5.67. The Bertz CT molecular complexity index is 1060. The fourth-order valence-electron chi connectivity index (χ4n) is 4.23. The summed E-state index contributed by atoms with van der Waals surface area (Å²) < 4.78 is 12.6. The van der Waals surface area contributed by atoms with Crippen molar-refractivity contribution in [1.29, 1.82) is 0 Å². The van der Waals surface area contributed by atoms with Crippen LogP contribution in [0.2, 0.25) is 0 Å². The molecule has 4 heterocycles. The largest absolute Gasteiger partial charge is 0.469 e. The molecule has 0 amide bonds. The van der Waals surface area contributed by atoms with Crippen LogP contribution in [-0.4, -0.2) is 39.2 Å². The highest BCUT2D eigenvalue weighted by atomic mass is 32.1. The number of pyridine rings is 1. The molecule has 1 aliphatic rings. The Morgan fingerprint density at radius 1 is 1.29 bits per heavy atom. The number of furan rings is 1. The van der Waals surface area contributed by atoms with Crippen molar-refractivity contribution in [2.45, 2.75) is 38.9 Å². The average molecular weight is 439 g/mol. The van der Waals surface area contributed by atoms with Crippen molar-refractivity contribution in [2.75, 3.05) is 13.7 Å². The van der Waals surface area contributed by atoms with Crippen LogP contribution >= 0.6 is 12.2 Å². The molecular weight excluding hydrogens is 412 g/mol. The summed E-state index contributed by atoms with van der Waals surface area (Å²) in [5.74, 6) is 0.642. The Morgan fingerprint density at radius 2 is 2.13 bits per heavy atom. The fourth-order valence-corrected chi connectivity index (χ4v) is 4.56. The molecule has 1 aliphatic heterocycles. The number of esters is 1. The van der Waals surface area contributed by atoms with E-state index in [-0.39, 0.29) is 24.5 Å². The number of aryl methyl sites for hydroxylation is 1. The zero-order chi connectivity index (χ0) is 22.0. The van der Waals surface area contributed by atoms with Gasteiger partial charge in [-0.05, 0) is 62.0 Å². The summed E-state index contributed by atoms with van der Waals surface area (Å²) in [5.41, 5.74) is 4.33. The van der Waals surface area contributed by atoms with E-state index in [9.17, 15) is 4.79 Å². The second kappa shape index (κ2) is 8.93. The lowest BCUT2D eigenvalue weighted by Gasteiger charge is -2.27. The van der Waals surface area contributed by atoms with Gasteiger partial charge >= 0.3 is 5.97 Å². The maximum atomic E-state index is 11.8. The molecule has 0 bridgehead atoms. The Morgan fingerprint density at radius 3 is 2.81 bits per heavy atom. The number of hydrogen-bond acceptors (Lipinski definition) is 5. The normalized spacial score (nSPS) is 18.3. The molecule has 0 aliphatic carbocycles. The van der Waals surface area contributed by atoms with Gasteiger partial charge in [0, 0.05) is 24.1 Å². The minimum atomic E-state index is -0.258. The standard InChI is InChI=1S/C23H26N4O3S/c1-15-13-18(16(2)27(15)14-17-7-6-12-30-17)22-21(19-8-4-5-10-24-19)25-23(31)26(22)11-9-20(28)29-3/h4-8,10,12-13,21-22H,9,11,14H2,1-3H3,(H,25,31)/t21-,22+/m0/s1. The van der Waals surface area contributed by atoms with Gasteiger partial charge in [-0.3, -0.25) is 9.78 Å². The average Bonchev–Trinajstić information content (AvgIpc) is 3.47. The number of nitrogens with zero attached hydrogens (tertiary/aromatic N) is 3. The van der Waals surface area contributed by atoms with Crippen molar-refractivity contribution in [1.82, 2.24) is 19.8 Å². The Balaban J connectivity index is 1.73. The first kappa shape index (κ1) is 21.1. The number of carbonyl (C=O) groups excluding carboxylic acids is 1. The molecule has 31 heavy (non-hydrogen) atoms. The number of nitrogens with one attached hydrogen (secondary N) is 1. The predicted octanol–water partition coefficient (Wildman–Crippen LogP) is 3.68. The molecule has 7 nitrogen and oxygen atoms in total. The van der Waals surface area contributed by atoms with Gasteiger partial charge < -0.3 is 23.9 Å². The van der Waals surface area contributed by atoms with Gasteiger partial charge in [0.25, 0.3) is 0 Å². The monoisotopic (exact) mass is 438 g/mol. The molecule has 0 unspecified atom stereocenters. The lowest BCUT2D eigenvalue weighted by atomic mass is 9.96. The number of hydrogen-bond donors (Lipinski definition) is 1. The summed E-state index contributed by atoms with van der Waals surface area (Å²) in [6.07, 6.45) is 3.73. The van der Waals surface area contributed by atoms with Gasteiger partial charge in [-0.15, -0.1) is 0 Å². The molecule has 4 rings (SSSR count). The van der Waals surface area contributed by atoms with Crippen LogP contribution in [0.4, 0.5) is 0 Å². The Hall–Kier alpha value is -3.13. The summed E-state index contributed by atoms with van der Waals surface area (Å²) in [5, 5.41) is 4.04. The van der Waals surface area contributed by atoms with Crippen LogP contribution in [0.25, 0.3) is 0 Å². The maximum Gasteiger partial charge on any atom is 0.307 e. The topological polar surface area (TPSA) is 72.5 Å². The van der Waals surface area contributed by atoms with Gasteiger partial charge in [-0.1, -0.05) is 6.07 Å². The van der Waals surface area contributed by atoms with E-state index in [1.165, 1.54) is 7.11 Å². The highest BCUT2D eigenvalue weighted by molar-refractivity contribution is 7.80. The molecule has 1 fully saturated rings. The first-order valence-corrected chi connectivity index (χ1v) is 10.6. The summed E-state index contributed by atoms with van der Waals surface area (Å²) in [4.78, 5) is 18.5. The number of carbonyl (C=O) groups is 1. The van der Waals surface area contributed by atoms with E-state index in [2.05, 4.69) is 39.7 Å². The summed E-state index contributed by atoms with van der Waals surface area (Å²) in [6.45, 7) is 5.33. The number of thiocarbonyl (C=S) groups is 1. The van der Waals surface area contributed by atoms with Gasteiger partial charge in [-0.25, -0.2) is 0 Å². The molecule has 0 saturated carbocycles. The lowest BCUT2D eigenvalue weighted by molar-refractivity contribution is -0.140. The zero-order valence-corrected chi connectivity index (χ0v) is 18.7. The minimum Gasteiger partial charge on any atom is -0.469 e. The highest BCUT2D eigenvalue weighted by Crippen LogP contribution is 2.41. The summed E-state index contributed by atoms with van der Waals surface area (Å²) in [6, 6.07) is 11.7. The number of ether oxygens (including phenoxy) is 1. The molecule has 162 valence electrons.